The summed E-state index contributed by atoms with van der Waals surface area (Å²) in [5, 5.41) is 16.9. The van der Waals surface area contributed by atoms with Crippen molar-refractivity contribution in [3.63, 3.8) is 0 Å². The molecule has 0 aliphatic carbocycles. The predicted molar refractivity (Wildman–Crippen MR) is 116 cm³/mol. The van der Waals surface area contributed by atoms with Gasteiger partial charge < -0.3 is 9.73 Å². The van der Waals surface area contributed by atoms with E-state index in [4.69, 9.17) is 16.0 Å². The van der Waals surface area contributed by atoms with Crippen molar-refractivity contribution in [3.05, 3.63) is 77.3 Å². The number of carbonyl (C=O) groups is 1. The number of amides is 1. The van der Waals surface area contributed by atoms with Gasteiger partial charge in [-0.2, -0.15) is 9.61 Å². The van der Waals surface area contributed by atoms with Crippen molar-refractivity contribution in [2.24, 2.45) is 0 Å². The Hall–Kier alpha value is -3.49. The van der Waals surface area contributed by atoms with E-state index in [0.717, 1.165) is 26.9 Å². The molecule has 1 N–H and O–H groups in total. The fraction of sp³-hybridized carbons (Fsp3) is 0.0476. The van der Waals surface area contributed by atoms with E-state index in [1.807, 2.05) is 43.3 Å². The lowest BCUT2D eigenvalue weighted by molar-refractivity contribution is 0.0997. The molecule has 3 aromatic heterocycles. The molecule has 3 heterocycles. The molecule has 0 aliphatic heterocycles. The minimum Gasteiger partial charge on any atom is -0.451 e. The molecule has 5 rings (SSSR count). The van der Waals surface area contributed by atoms with Gasteiger partial charge in [0, 0.05) is 21.8 Å². The van der Waals surface area contributed by atoms with Crippen LogP contribution >= 0.6 is 22.9 Å². The van der Waals surface area contributed by atoms with Crippen molar-refractivity contribution in [3.8, 4) is 21.9 Å². The molecule has 1 amide bonds. The maximum Gasteiger partial charge on any atom is 0.291 e. The third-order valence-corrected chi connectivity index (χ3v) is 5.67. The molecule has 0 bridgehead atoms. The lowest BCUT2D eigenvalue weighted by atomic mass is 10.2. The first-order chi connectivity index (χ1) is 14.6. The second-order valence-electron chi connectivity index (χ2n) is 6.55. The quantitative estimate of drug-likeness (QED) is 0.412. The van der Waals surface area contributed by atoms with Crippen LogP contribution in [0.3, 0.4) is 0 Å². The number of aromatic nitrogens is 4. The second kappa shape index (κ2) is 7.40. The molecule has 30 heavy (non-hydrogen) atoms. The van der Waals surface area contributed by atoms with Crippen molar-refractivity contribution in [1.29, 1.82) is 0 Å². The van der Waals surface area contributed by atoms with Gasteiger partial charge in [-0.05, 0) is 55.5 Å². The molecular formula is C21H14ClN5O2S. The van der Waals surface area contributed by atoms with Crippen LogP contribution in [0.15, 0.2) is 65.1 Å². The molecule has 148 valence electrons. The number of furan rings is 1. The summed E-state index contributed by atoms with van der Waals surface area (Å²) in [6.45, 7) is 1.85. The highest BCUT2D eigenvalue weighted by Gasteiger charge is 2.14. The Morgan fingerprint density at radius 2 is 1.90 bits per heavy atom. The normalized spacial score (nSPS) is 11.1. The number of halogens is 1. The summed E-state index contributed by atoms with van der Waals surface area (Å²) >= 11 is 7.35. The van der Waals surface area contributed by atoms with Crippen LogP contribution in [0.4, 0.5) is 5.69 Å². The molecule has 0 saturated carbocycles. The van der Waals surface area contributed by atoms with Crippen LogP contribution in [0.25, 0.3) is 26.9 Å². The minimum atomic E-state index is -0.332. The van der Waals surface area contributed by atoms with Gasteiger partial charge >= 0.3 is 0 Å². The number of rotatable bonds is 4. The van der Waals surface area contributed by atoms with Crippen molar-refractivity contribution in [2.45, 2.75) is 6.92 Å². The molecule has 0 unspecified atom stereocenters. The van der Waals surface area contributed by atoms with E-state index in [1.165, 1.54) is 11.3 Å². The molecule has 0 spiro atoms. The van der Waals surface area contributed by atoms with E-state index < -0.39 is 0 Å². The first-order valence-corrected chi connectivity index (χ1v) is 10.2. The van der Waals surface area contributed by atoms with E-state index in [2.05, 4.69) is 20.6 Å². The van der Waals surface area contributed by atoms with Crippen molar-refractivity contribution in [1.82, 2.24) is 19.8 Å². The average Bonchev–Trinajstić information content (AvgIpc) is 3.47. The number of nitrogens with one attached hydrogen (secondary N) is 1. The molecule has 0 aliphatic rings. The number of benzene rings is 2. The summed E-state index contributed by atoms with van der Waals surface area (Å²) in [5.41, 5.74) is 2.37. The maximum atomic E-state index is 12.6. The molecular weight excluding hydrogens is 422 g/mol. The highest BCUT2D eigenvalue weighted by Crippen LogP contribution is 2.28. The number of anilines is 1. The van der Waals surface area contributed by atoms with E-state index >= 15 is 0 Å². The van der Waals surface area contributed by atoms with Gasteiger partial charge in [0.25, 0.3) is 5.91 Å². The minimum absolute atomic E-state index is 0.222. The van der Waals surface area contributed by atoms with Gasteiger partial charge in [-0.3, -0.25) is 4.79 Å². The van der Waals surface area contributed by atoms with Crippen molar-refractivity contribution < 1.29 is 9.21 Å². The topological polar surface area (TPSA) is 85.3 Å². The van der Waals surface area contributed by atoms with Crippen LogP contribution < -0.4 is 5.32 Å². The summed E-state index contributed by atoms with van der Waals surface area (Å²) < 4.78 is 7.42. The smallest absolute Gasteiger partial charge is 0.291 e. The Kier molecular flexibility index (Phi) is 4.57. The summed E-state index contributed by atoms with van der Waals surface area (Å²) in [6.07, 6.45) is 0. The molecule has 7 nitrogen and oxygen atoms in total. The zero-order valence-electron chi connectivity index (χ0n) is 15.7. The van der Waals surface area contributed by atoms with E-state index in [1.54, 1.807) is 28.8 Å². The molecule has 2 aromatic carbocycles. The fourth-order valence-corrected chi connectivity index (χ4v) is 3.99. The Labute approximate surface area is 179 Å². The first kappa shape index (κ1) is 18.5. The van der Waals surface area contributed by atoms with Gasteiger partial charge in [0.1, 0.15) is 10.8 Å². The number of nitrogens with zero attached hydrogens (tertiary/aromatic N) is 4. The van der Waals surface area contributed by atoms with Gasteiger partial charge in [-0.25, -0.2) is 0 Å². The highest BCUT2D eigenvalue weighted by molar-refractivity contribution is 7.19. The van der Waals surface area contributed by atoms with Crippen molar-refractivity contribution >= 4 is 39.5 Å². The molecule has 0 fully saturated rings. The number of hydrogen-bond acceptors (Lipinski definition) is 6. The van der Waals surface area contributed by atoms with E-state index in [-0.39, 0.29) is 11.7 Å². The lowest BCUT2D eigenvalue weighted by Crippen LogP contribution is -2.10. The third kappa shape index (κ3) is 3.47. The average molecular weight is 436 g/mol. The van der Waals surface area contributed by atoms with Crippen LogP contribution in [0.5, 0.6) is 0 Å². The second-order valence-corrected chi connectivity index (χ2v) is 7.95. The molecule has 0 atom stereocenters. The van der Waals surface area contributed by atoms with Crippen LogP contribution in [0.2, 0.25) is 5.02 Å². The predicted octanol–water partition coefficient (Wildman–Crippen LogP) is 5.33. The summed E-state index contributed by atoms with van der Waals surface area (Å²) in [4.78, 5) is 13.4. The number of carbonyl (C=O) groups excluding carboxylic acids is 1. The molecule has 0 radical (unpaired) electrons. The standard InChI is InChI=1S/C21H14ClN5O2S/c1-12-24-25-21-27(12)26-20(30-21)14-3-2-4-16(11-14)23-19(28)18-10-9-17(29-18)13-5-7-15(22)8-6-13/h2-11H,1H3,(H,23,28). The largest absolute Gasteiger partial charge is 0.451 e. The van der Waals surface area contributed by atoms with Crippen molar-refractivity contribution in [2.75, 3.05) is 5.32 Å². The van der Waals surface area contributed by atoms with Crippen LogP contribution in [0, 0.1) is 6.92 Å². The van der Waals surface area contributed by atoms with Crippen LogP contribution in [-0.4, -0.2) is 25.7 Å². The highest BCUT2D eigenvalue weighted by atomic mass is 35.5. The molecule has 5 aromatic rings. The van der Waals surface area contributed by atoms with Gasteiger partial charge in [0.2, 0.25) is 4.96 Å². The third-order valence-electron chi connectivity index (χ3n) is 4.47. The lowest BCUT2D eigenvalue weighted by Gasteiger charge is -2.05. The van der Waals surface area contributed by atoms with Gasteiger partial charge in [-0.15, -0.1) is 10.2 Å². The Bertz CT molecular complexity index is 1370. The molecule has 9 heteroatoms. The monoisotopic (exact) mass is 435 g/mol. The zero-order valence-corrected chi connectivity index (χ0v) is 17.2. The number of hydrogen-bond donors (Lipinski definition) is 1. The molecule has 0 saturated heterocycles. The number of fused-ring (bicyclic) bond motifs is 1. The SMILES string of the molecule is Cc1nnc2sc(-c3cccc(NC(=O)c4ccc(-c5ccc(Cl)cc5)o4)c3)nn12. The van der Waals surface area contributed by atoms with Gasteiger partial charge in [-0.1, -0.05) is 35.1 Å². The zero-order chi connectivity index (χ0) is 20.7. The van der Waals surface area contributed by atoms with E-state index in [9.17, 15) is 4.79 Å². The first-order valence-electron chi connectivity index (χ1n) is 9.03. The summed E-state index contributed by atoms with van der Waals surface area (Å²) in [6, 6.07) is 18.1. The van der Waals surface area contributed by atoms with Gasteiger partial charge in [0.05, 0.1) is 0 Å². The Balaban J connectivity index is 1.36. The summed E-state index contributed by atoms with van der Waals surface area (Å²) in [7, 11) is 0. The van der Waals surface area contributed by atoms with E-state index in [0.29, 0.717) is 16.5 Å². The Morgan fingerprint density at radius 3 is 2.70 bits per heavy atom. The maximum absolute atomic E-state index is 12.6. The number of aryl methyl sites for hydroxylation is 1. The Morgan fingerprint density at radius 1 is 1.07 bits per heavy atom. The van der Waals surface area contributed by atoms with Gasteiger partial charge in [0.15, 0.2) is 11.6 Å². The summed E-state index contributed by atoms with van der Waals surface area (Å²) in [5.74, 6) is 1.22. The fourth-order valence-electron chi connectivity index (χ4n) is 2.98. The van der Waals surface area contributed by atoms with Crippen LogP contribution in [0.1, 0.15) is 16.4 Å². The van der Waals surface area contributed by atoms with Crippen LogP contribution in [-0.2, 0) is 0 Å².